The van der Waals surface area contributed by atoms with E-state index in [4.69, 9.17) is 11.6 Å². The number of aryl methyl sites for hydroxylation is 1. The number of nitrogens with zero attached hydrogens (tertiary/aromatic N) is 2. The third-order valence-corrected chi connectivity index (χ3v) is 1.88. The number of hydrogen-bond acceptors (Lipinski definition) is 1. The second kappa shape index (κ2) is 3.58. The first-order valence-corrected chi connectivity index (χ1v) is 3.98. The van der Waals surface area contributed by atoms with Crippen LogP contribution in [0.5, 0.6) is 0 Å². The molecule has 0 bridgehead atoms. The lowest BCUT2D eigenvalue weighted by atomic mass is 10.3. The van der Waals surface area contributed by atoms with Crippen LogP contribution < -0.4 is 0 Å². The lowest BCUT2D eigenvalue weighted by Crippen LogP contribution is -2.01. The summed E-state index contributed by atoms with van der Waals surface area (Å²) in [5.41, 5.74) is 1.01. The Kier molecular flexibility index (Phi) is 2.71. The Morgan fingerprint density at radius 1 is 1.82 bits per heavy atom. The van der Waals surface area contributed by atoms with Crippen molar-refractivity contribution in [3.05, 3.63) is 30.4 Å². The van der Waals surface area contributed by atoms with Crippen LogP contribution in [0, 0.1) is 6.92 Å². The SMILES string of the molecule is C=C(CCl)Cn1ccnc1C. The van der Waals surface area contributed by atoms with E-state index in [9.17, 15) is 0 Å². The number of imidazole rings is 1. The van der Waals surface area contributed by atoms with Crippen molar-refractivity contribution < 1.29 is 0 Å². The van der Waals surface area contributed by atoms with Crippen molar-refractivity contribution in [1.82, 2.24) is 9.55 Å². The molecule has 0 aliphatic heterocycles. The molecular formula is C8H11ClN2. The normalized spacial score (nSPS) is 10.0. The summed E-state index contributed by atoms with van der Waals surface area (Å²) < 4.78 is 2.02. The highest BCUT2D eigenvalue weighted by atomic mass is 35.5. The molecule has 0 aliphatic carbocycles. The lowest BCUT2D eigenvalue weighted by Gasteiger charge is -2.04. The minimum atomic E-state index is 0.512. The van der Waals surface area contributed by atoms with Gasteiger partial charge < -0.3 is 4.57 Å². The lowest BCUT2D eigenvalue weighted by molar-refractivity contribution is 0.752. The van der Waals surface area contributed by atoms with Crippen LogP contribution in [0.15, 0.2) is 24.5 Å². The van der Waals surface area contributed by atoms with Crippen molar-refractivity contribution in [3.63, 3.8) is 0 Å². The molecule has 1 aromatic rings. The van der Waals surface area contributed by atoms with E-state index in [1.807, 2.05) is 17.7 Å². The van der Waals surface area contributed by atoms with Crippen LogP contribution in [0.25, 0.3) is 0 Å². The van der Waals surface area contributed by atoms with E-state index in [2.05, 4.69) is 11.6 Å². The van der Waals surface area contributed by atoms with Gasteiger partial charge in [0.25, 0.3) is 0 Å². The average molecular weight is 171 g/mol. The highest BCUT2D eigenvalue weighted by Gasteiger charge is 1.97. The molecule has 0 fully saturated rings. The number of halogens is 1. The number of rotatable bonds is 3. The Morgan fingerprint density at radius 3 is 3.00 bits per heavy atom. The quantitative estimate of drug-likeness (QED) is 0.501. The molecule has 0 saturated carbocycles. The number of alkyl halides is 1. The molecule has 0 unspecified atom stereocenters. The fourth-order valence-electron chi connectivity index (χ4n) is 0.854. The molecule has 0 spiro atoms. The van der Waals surface area contributed by atoms with Crippen LogP contribution in [0.4, 0.5) is 0 Å². The summed E-state index contributed by atoms with van der Waals surface area (Å²) in [6.45, 7) is 6.54. The molecule has 2 nitrogen and oxygen atoms in total. The molecule has 60 valence electrons. The van der Waals surface area contributed by atoms with Gasteiger partial charge in [0.1, 0.15) is 5.82 Å². The van der Waals surface area contributed by atoms with E-state index in [1.165, 1.54) is 0 Å². The van der Waals surface area contributed by atoms with Crippen LogP contribution in [0.2, 0.25) is 0 Å². The summed E-state index contributed by atoms with van der Waals surface area (Å²) in [7, 11) is 0. The first kappa shape index (κ1) is 8.34. The van der Waals surface area contributed by atoms with Gasteiger partial charge in [-0.15, -0.1) is 11.6 Å². The highest BCUT2D eigenvalue weighted by molar-refractivity contribution is 6.19. The minimum absolute atomic E-state index is 0.512. The second-order valence-corrected chi connectivity index (χ2v) is 2.75. The Labute approximate surface area is 71.5 Å². The smallest absolute Gasteiger partial charge is 0.105 e. The van der Waals surface area contributed by atoms with Crippen molar-refractivity contribution in [3.8, 4) is 0 Å². The van der Waals surface area contributed by atoms with Gasteiger partial charge in [0.05, 0.1) is 0 Å². The van der Waals surface area contributed by atoms with Crippen LogP contribution in [-0.4, -0.2) is 15.4 Å². The summed E-state index contributed by atoms with van der Waals surface area (Å²) in [5.74, 6) is 1.51. The molecular weight excluding hydrogens is 160 g/mol. The van der Waals surface area contributed by atoms with Crippen LogP contribution in [0.1, 0.15) is 5.82 Å². The molecule has 1 aromatic heterocycles. The largest absolute Gasteiger partial charge is 0.331 e. The minimum Gasteiger partial charge on any atom is -0.331 e. The molecule has 1 heterocycles. The zero-order chi connectivity index (χ0) is 8.27. The third kappa shape index (κ3) is 2.09. The van der Waals surface area contributed by atoms with Crippen molar-refractivity contribution in [1.29, 1.82) is 0 Å². The average Bonchev–Trinajstić information content (AvgIpc) is 2.37. The van der Waals surface area contributed by atoms with Gasteiger partial charge in [0.15, 0.2) is 0 Å². The third-order valence-electron chi connectivity index (χ3n) is 1.51. The Balaban J connectivity index is 2.64. The van der Waals surface area contributed by atoms with Gasteiger partial charge in [-0.05, 0) is 12.5 Å². The molecule has 0 radical (unpaired) electrons. The summed E-state index contributed by atoms with van der Waals surface area (Å²) in [6.07, 6.45) is 3.70. The van der Waals surface area contributed by atoms with Gasteiger partial charge in [-0.3, -0.25) is 0 Å². The summed E-state index contributed by atoms with van der Waals surface area (Å²) in [4.78, 5) is 4.08. The Bertz CT molecular complexity index is 252. The van der Waals surface area contributed by atoms with E-state index >= 15 is 0 Å². The van der Waals surface area contributed by atoms with Crippen LogP contribution in [0.3, 0.4) is 0 Å². The molecule has 11 heavy (non-hydrogen) atoms. The summed E-state index contributed by atoms with van der Waals surface area (Å²) in [5, 5.41) is 0. The first-order chi connectivity index (χ1) is 5.24. The Hall–Kier alpha value is -0.760. The number of aromatic nitrogens is 2. The van der Waals surface area contributed by atoms with E-state index in [0.29, 0.717) is 5.88 Å². The number of hydrogen-bond donors (Lipinski definition) is 0. The fraction of sp³-hybridized carbons (Fsp3) is 0.375. The predicted molar refractivity (Wildman–Crippen MR) is 46.8 cm³/mol. The maximum atomic E-state index is 5.59. The molecule has 0 amide bonds. The van der Waals surface area contributed by atoms with Crippen LogP contribution in [-0.2, 0) is 6.54 Å². The maximum Gasteiger partial charge on any atom is 0.105 e. The predicted octanol–water partition coefficient (Wildman–Crippen LogP) is 1.99. The molecule has 1 rings (SSSR count). The molecule has 0 saturated heterocycles. The topological polar surface area (TPSA) is 17.8 Å². The molecule has 0 N–H and O–H groups in total. The zero-order valence-corrected chi connectivity index (χ0v) is 7.30. The second-order valence-electron chi connectivity index (χ2n) is 2.49. The molecule has 0 atom stereocenters. The number of allylic oxidation sites excluding steroid dienone is 1. The van der Waals surface area contributed by atoms with E-state index in [-0.39, 0.29) is 0 Å². The summed E-state index contributed by atoms with van der Waals surface area (Å²) >= 11 is 5.59. The highest BCUT2D eigenvalue weighted by Crippen LogP contribution is 2.02. The fourth-order valence-corrected chi connectivity index (χ4v) is 0.938. The van der Waals surface area contributed by atoms with Gasteiger partial charge in [0.2, 0.25) is 0 Å². The van der Waals surface area contributed by atoms with Gasteiger partial charge in [-0.1, -0.05) is 6.58 Å². The first-order valence-electron chi connectivity index (χ1n) is 3.44. The van der Waals surface area contributed by atoms with Gasteiger partial charge in [-0.25, -0.2) is 4.98 Å². The monoisotopic (exact) mass is 170 g/mol. The van der Waals surface area contributed by atoms with Crippen molar-refractivity contribution in [2.45, 2.75) is 13.5 Å². The summed E-state index contributed by atoms with van der Waals surface area (Å²) in [6, 6.07) is 0. The maximum absolute atomic E-state index is 5.59. The van der Waals surface area contributed by atoms with Crippen molar-refractivity contribution in [2.75, 3.05) is 5.88 Å². The van der Waals surface area contributed by atoms with E-state index in [0.717, 1.165) is 17.9 Å². The standard InChI is InChI=1S/C8H11ClN2/c1-7(5-9)6-11-4-3-10-8(11)2/h3-4H,1,5-6H2,2H3. The van der Waals surface area contributed by atoms with Crippen molar-refractivity contribution in [2.24, 2.45) is 0 Å². The van der Waals surface area contributed by atoms with E-state index in [1.54, 1.807) is 6.20 Å². The zero-order valence-electron chi connectivity index (χ0n) is 6.55. The molecule has 3 heteroatoms. The van der Waals surface area contributed by atoms with Gasteiger partial charge in [0, 0.05) is 24.8 Å². The van der Waals surface area contributed by atoms with Crippen molar-refractivity contribution >= 4 is 11.6 Å². The molecule has 0 aliphatic rings. The Morgan fingerprint density at radius 2 is 2.55 bits per heavy atom. The van der Waals surface area contributed by atoms with E-state index < -0.39 is 0 Å². The van der Waals surface area contributed by atoms with Gasteiger partial charge >= 0.3 is 0 Å². The van der Waals surface area contributed by atoms with Gasteiger partial charge in [-0.2, -0.15) is 0 Å². The van der Waals surface area contributed by atoms with Crippen LogP contribution >= 0.6 is 11.6 Å². The molecule has 0 aromatic carbocycles.